The van der Waals surface area contributed by atoms with Crippen LogP contribution in [0.15, 0.2) is 0 Å². The van der Waals surface area contributed by atoms with E-state index in [1.807, 2.05) is 0 Å². The molecule has 29 heavy (non-hydrogen) atoms. The smallest absolute Gasteiger partial charge is 0.335 e. The number of aliphatic hydroxyl groups excluding tert-OH is 3. The number of ether oxygens (including phenoxy) is 2. The van der Waals surface area contributed by atoms with Crippen molar-refractivity contribution in [1.82, 2.24) is 0 Å². The Labute approximate surface area is 175 Å². The highest BCUT2D eigenvalue weighted by molar-refractivity contribution is 5.73. The van der Waals surface area contributed by atoms with E-state index in [2.05, 4.69) is 13.8 Å². The van der Waals surface area contributed by atoms with Gasteiger partial charge < -0.3 is 29.9 Å². The minimum atomic E-state index is -1.70. The van der Waals surface area contributed by atoms with Crippen LogP contribution in [-0.4, -0.2) is 63.2 Å². The highest BCUT2D eigenvalue weighted by atomic mass is 16.7. The van der Waals surface area contributed by atoms with Crippen molar-refractivity contribution in [3.05, 3.63) is 0 Å². The molecule has 0 aromatic rings. The molecule has 1 heterocycles. The van der Waals surface area contributed by atoms with Crippen molar-refractivity contribution in [3.8, 4) is 0 Å². The minimum Gasteiger partial charge on any atom is -0.479 e. The second-order valence-corrected chi connectivity index (χ2v) is 8.25. The van der Waals surface area contributed by atoms with Gasteiger partial charge in [0.15, 0.2) is 11.9 Å². The third-order valence-electron chi connectivity index (χ3n) is 5.73. The fourth-order valence-corrected chi connectivity index (χ4v) is 3.85. The first-order chi connectivity index (χ1) is 13.9. The van der Waals surface area contributed by atoms with E-state index in [9.17, 15) is 25.2 Å². The number of carboxylic acid groups (broad SMARTS) is 1. The van der Waals surface area contributed by atoms with Gasteiger partial charge >= 0.3 is 5.97 Å². The lowest BCUT2D eigenvalue weighted by atomic mass is 9.89. The highest BCUT2D eigenvalue weighted by Gasteiger charge is 2.56. The van der Waals surface area contributed by atoms with Gasteiger partial charge in [0.2, 0.25) is 0 Å². The monoisotopic (exact) mass is 418 g/mol. The van der Waals surface area contributed by atoms with Crippen molar-refractivity contribution < 1.29 is 34.7 Å². The second-order valence-electron chi connectivity index (χ2n) is 8.25. The Balaban J connectivity index is 2.69. The lowest BCUT2D eigenvalue weighted by molar-refractivity contribution is -0.359. The molecular weight excluding hydrogens is 376 g/mol. The molecule has 0 radical (unpaired) electrons. The van der Waals surface area contributed by atoms with E-state index in [-0.39, 0.29) is 6.42 Å². The predicted octanol–water partition coefficient (Wildman–Crippen LogP) is 3.38. The first-order valence-electron chi connectivity index (χ1n) is 11.5. The fraction of sp³-hybridized carbons (Fsp3) is 0.955. The molecule has 1 unspecified atom stereocenters. The summed E-state index contributed by atoms with van der Waals surface area (Å²) in [6.07, 6.45) is 6.33. The van der Waals surface area contributed by atoms with Crippen molar-refractivity contribution in [2.24, 2.45) is 0 Å². The average Bonchev–Trinajstić information content (AvgIpc) is 2.70. The number of carboxylic acids is 1. The summed E-state index contributed by atoms with van der Waals surface area (Å²) in [5.74, 6) is -2.98. The first-order valence-corrected chi connectivity index (χ1v) is 11.5. The fourth-order valence-electron chi connectivity index (χ4n) is 3.85. The summed E-state index contributed by atoms with van der Waals surface area (Å²) in [5, 5.41) is 40.2. The van der Waals surface area contributed by atoms with Crippen molar-refractivity contribution in [2.45, 2.75) is 128 Å². The lowest BCUT2D eigenvalue weighted by Gasteiger charge is -2.47. The van der Waals surface area contributed by atoms with Crippen LogP contribution in [0, 0.1) is 0 Å². The molecule has 1 aliphatic heterocycles. The van der Waals surface area contributed by atoms with Crippen LogP contribution in [-0.2, 0) is 14.3 Å². The van der Waals surface area contributed by atoms with Gasteiger partial charge in [0.25, 0.3) is 0 Å². The van der Waals surface area contributed by atoms with Crippen LogP contribution in [0.25, 0.3) is 0 Å². The van der Waals surface area contributed by atoms with Crippen LogP contribution in [0.1, 0.15) is 97.3 Å². The van der Waals surface area contributed by atoms with E-state index in [0.29, 0.717) is 13.0 Å². The zero-order valence-electron chi connectivity index (χ0n) is 18.2. The summed E-state index contributed by atoms with van der Waals surface area (Å²) in [7, 11) is 0. The topological polar surface area (TPSA) is 116 Å². The summed E-state index contributed by atoms with van der Waals surface area (Å²) in [5.41, 5.74) is 0. The molecular formula is C22H42O7. The molecule has 0 spiro atoms. The zero-order chi connectivity index (χ0) is 21.7. The number of carbonyl (C=O) groups is 1. The molecule has 7 nitrogen and oxygen atoms in total. The van der Waals surface area contributed by atoms with Crippen LogP contribution in [0.4, 0.5) is 0 Å². The van der Waals surface area contributed by atoms with Crippen molar-refractivity contribution in [2.75, 3.05) is 6.61 Å². The van der Waals surface area contributed by atoms with Gasteiger partial charge in [-0.1, -0.05) is 78.1 Å². The molecule has 1 rings (SSSR count). The van der Waals surface area contributed by atoms with Crippen LogP contribution in [0.2, 0.25) is 0 Å². The van der Waals surface area contributed by atoms with Gasteiger partial charge in [0, 0.05) is 6.42 Å². The lowest BCUT2D eigenvalue weighted by Crippen LogP contribution is -2.67. The third-order valence-corrected chi connectivity index (χ3v) is 5.73. The number of rotatable bonds is 16. The maximum atomic E-state index is 11.5. The van der Waals surface area contributed by atoms with Gasteiger partial charge in [-0.2, -0.15) is 0 Å². The van der Waals surface area contributed by atoms with E-state index in [1.165, 1.54) is 25.7 Å². The Hall–Kier alpha value is -0.730. The van der Waals surface area contributed by atoms with Crippen molar-refractivity contribution in [1.29, 1.82) is 0 Å². The molecule has 0 amide bonds. The molecule has 0 bridgehead atoms. The number of hydrogen-bond acceptors (Lipinski definition) is 6. The number of unbranched alkanes of at least 4 members (excludes halogenated alkanes) is 10. The maximum absolute atomic E-state index is 11.5. The summed E-state index contributed by atoms with van der Waals surface area (Å²) in [4.78, 5) is 11.5. The van der Waals surface area contributed by atoms with Gasteiger partial charge in [0.05, 0.1) is 6.61 Å². The van der Waals surface area contributed by atoms with Gasteiger partial charge in [-0.3, -0.25) is 0 Å². The molecule has 0 aromatic heterocycles. The van der Waals surface area contributed by atoms with E-state index >= 15 is 0 Å². The van der Waals surface area contributed by atoms with Crippen molar-refractivity contribution >= 4 is 5.97 Å². The van der Waals surface area contributed by atoms with Crippen molar-refractivity contribution in [3.63, 3.8) is 0 Å². The van der Waals surface area contributed by atoms with Gasteiger partial charge in [-0.15, -0.1) is 0 Å². The molecule has 1 saturated heterocycles. The Morgan fingerprint density at radius 1 is 0.828 bits per heavy atom. The quantitative estimate of drug-likeness (QED) is 0.284. The van der Waals surface area contributed by atoms with Gasteiger partial charge in [0.1, 0.15) is 18.3 Å². The first kappa shape index (κ1) is 26.3. The molecule has 1 aliphatic rings. The van der Waals surface area contributed by atoms with Gasteiger partial charge in [-0.25, -0.2) is 4.79 Å². The van der Waals surface area contributed by atoms with Crippen LogP contribution in [0.5, 0.6) is 0 Å². The number of hydrogen-bond donors (Lipinski definition) is 4. The highest BCUT2D eigenvalue weighted by Crippen LogP contribution is 2.36. The van der Waals surface area contributed by atoms with E-state index in [4.69, 9.17) is 9.47 Å². The Morgan fingerprint density at radius 2 is 1.34 bits per heavy atom. The molecule has 4 N–H and O–H groups in total. The Kier molecular flexibility index (Phi) is 13.0. The summed E-state index contributed by atoms with van der Waals surface area (Å²) in [6.45, 7) is 4.62. The van der Waals surface area contributed by atoms with E-state index in [1.54, 1.807) is 0 Å². The average molecular weight is 419 g/mol. The molecule has 0 aromatic carbocycles. The van der Waals surface area contributed by atoms with Crippen LogP contribution >= 0.6 is 0 Å². The minimum absolute atomic E-state index is 0.281. The van der Waals surface area contributed by atoms with Crippen LogP contribution in [0.3, 0.4) is 0 Å². The van der Waals surface area contributed by atoms with E-state index < -0.39 is 36.2 Å². The standard InChI is InChI=1S/C22H42O7/c1-3-5-7-9-11-13-15-22(28-16-14-12-10-8-6-4-2)20(25)18(24)17(23)19(29-22)21(26)27/h17-20,23-25H,3-16H2,1-2H3,(H,26,27)/t17-,18+,19+,20-,22?/m1/s1. The predicted molar refractivity (Wildman–Crippen MR) is 111 cm³/mol. The van der Waals surface area contributed by atoms with E-state index in [0.717, 1.165) is 44.9 Å². The maximum Gasteiger partial charge on any atom is 0.335 e. The van der Waals surface area contributed by atoms with Crippen LogP contribution < -0.4 is 0 Å². The SMILES string of the molecule is CCCCCCCCOC1(CCCCCCCC)O[C@H](C(=O)O)[C@H](O)[C@H](O)[C@H]1O. The summed E-state index contributed by atoms with van der Waals surface area (Å²) in [6, 6.07) is 0. The molecule has 7 heteroatoms. The largest absolute Gasteiger partial charge is 0.479 e. The normalized spacial score (nSPS) is 29.8. The second kappa shape index (κ2) is 14.3. The van der Waals surface area contributed by atoms with Gasteiger partial charge in [-0.05, 0) is 12.8 Å². The summed E-state index contributed by atoms with van der Waals surface area (Å²) < 4.78 is 11.5. The molecule has 5 atom stereocenters. The number of aliphatic carboxylic acids is 1. The molecule has 0 aliphatic carbocycles. The third kappa shape index (κ3) is 8.50. The molecule has 0 saturated carbocycles. The zero-order valence-corrected chi connectivity index (χ0v) is 18.2. The molecule has 172 valence electrons. The molecule has 1 fully saturated rings. The number of aliphatic hydroxyl groups is 3. The Morgan fingerprint density at radius 3 is 1.90 bits per heavy atom. The summed E-state index contributed by atoms with van der Waals surface area (Å²) >= 11 is 0. The Bertz CT molecular complexity index is 445.